The molecule has 0 saturated heterocycles. The molecular weight excluding hydrogens is 565 g/mol. The predicted molar refractivity (Wildman–Crippen MR) is 172 cm³/mol. The lowest BCUT2D eigenvalue weighted by molar-refractivity contribution is -0.113. The number of rotatable bonds is 7. The number of benzene rings is 2. The maximum absolute atomic E-state index is 13.4. The molecule has 0 atom stereocenters. The third kappa shape index (κ3) is 6.04. The molecule has 1 aliphatic heterocycles. The van der Waals surface area contributed by atoms with E-state index in [1.807, 2.05) is 103 Å². The minimum Gasteiger partial charge on any atom is -0.337 e. The third-order valence-electron chi connectivity index (χ3n) is 6.23. The maximum Gasteiger partial charge on any atom is 0.283 e. The van der Waals surface area contributed by atoms with Gasteiger partial charge >= 0.3 is 0 Å². The number of anilines is 1. The zero-order chi connectivity index (χ0) is 28.7. The number of H-pyrrole nitrogens is 1. The van der Waals surface area contributed by atoms with E-state index in [0.29, 0.717) is 38.8 Å². The van der Waals surface area contributed by atoms with Gasteiger partial charge in [0.05, 0.1) is 22.8 Å². The van der Waals surface area contributed by atoms with E-state index in [0.717, 1.165) is 11.4 Å². The van der Waals surface area contributed by atoms with E-state index in [1.54, 1.807) is 34.0 Å². The zero-order valence-electron chi connectivity index (χ0n) is 22.2. The zero-order valence-corrected chi connectivity index (χ0v) is 23.8. The van der Waals surface area contributed by atoms with Crippen LogP contribution in [0.2, 0.25) is 0 Å². The molecule has 1 aliphatic rings. The van der Waals surface area contributed by atoms with Gasteiger partial charge in [-0.05, 0) is 77.6 Å². The maximum atomic E-state index is 13.4. The summed E-state index contributed by atoms with van der Waals surface area (Å²) in [6.07, 6.45) is 8.77. The average molecular weight is 589 g/mol. The number of imidazole rings is 1. The number of pyridine rings is 2. The number of carbonyl (C=O) groups excluding carboxylic acids is 1. The first-order chi connectivity index (χ1) is 20.7. The molecule has 4 heterocycles. The number of nitrogens with zero attached hydrogens (tertiary/aromatic N) is 5. The number of para-hydroxylation sites is 2. The van der Waals surface area contributed by atoms with Crippen molar-refractivity contribution in [2.24, 2.45) is 4.99 Å². The Kier molecular flexibility index (Phi) is 8.25. The number of amidine groups is 1. The Balaban J connectivity index is 1.29. The fraction of sp³-hybridized carbons (Fsp3) is 0.0312. The molecule has 3 aromatic heterocycles. The highest BCUT2D eigenvalue weighted by Gasteiger charge is 2.32. The molecule has 0 spiro atoms. The van der Waals surface area contributed by atoms with Crippen LogP contribution in [0, 0.1) is 0 Å². The van der Waals surface area contributed by atoms with Crippen LogP contribution in [0.3, 0.4) is 0 Å². The summed E-state index contributed by atoms with van der Waals surface area (Å²) in [5.41, 5.74) is 3.65. The molecule has 2 aromatic carbocycles. The number of amides is 1. The van der Waals surface area contributed by atoms with Crippen molar-refractivity contribution in [1.82, 2.24) is 19.5 Å². The van der Waals surface area contributed by atoms with E-state index < -0.39 is 0 Å². The Bertz CT molecular complexity index is 1940. The number of hydrogen-bond donors (Lipinski definition) is 1. The summed E-state index contributed by atoms with van der Waals surface area (Å²) in [5, 5.41) is 0.995. The molecule has 0 saturated carbocycles. The Morgan fingerprint density at radius 2 is 1.36 bits per heavy atom. The lowest BCUT2D eigenvalue weighted by Gasteiger charge is -2.17. The number of carbonyl (C=O) groups is 1. The first kappa shape index (κ1) is 27.3. The molecule has 6 rings (SSSR count). The van der Waals surface area contributed by atoms with Crippen molar-refractivity contribution < 1.29 is 4.79 Å². The lowest BCUT2D eigenvalue weighted by atomic mass is 10.2. The molecule has 5 aromatic rings. The normalized spacial score (nSPS) is 15.0. The van der Waals surface area contributed by atoms with E-state index in [9.17, 15) is 9.59 Å². The first-order valence-electron chi connectivity index (χ1n) is 13.1. The second kappa shape index (κ2) is 12.7. The smallest absolute Gasteiger partial charge is 0.283 e. The second-order valence-corrected chi connectivity index (χ2v) is 11.3. The van der Waals surface area contributed by atoms with Gasteiger partial charge in [0, 0.05) is 18.1 Å². The number of hydrogen-bond acceptors (Lipinski definition) is 7. The molecule has 1 N–H and O–H groups in total. The second-order valence-electron chi connectivity index (χ2n) is 9.03. The Hall–Kier alpha value is -4.93. The Morgan fingerprint density at radius 3 is 2.00 bits per heavy atom. The van der Waals surface area contributed by atoms with Crippen LogP contribution in [0.15, 0.2) is 125 Å². The first-order valence-corrected chi connectivity index (χ1v) is 15.4. The van der Waals surface area contributed by atoms with Crippen molar-refractivity contribution in [3.8, 4) is 5.69 Å². The Labute approximate surface area is 249 Å². The topological polar surface area (TPSA) is 96.2 Å². The lowest BCUT2D eigenvalue weighted by Crippen LogP contribution is -2.30. The van der Waals surface area contributed by atoms with Crippen LogP contribution in [-0.4, -0.2) is 36.3 Å². The van der Waals surface area contributed by atoms with Gasteiger partial charge in [0.1, 0.15) is 16.5 Å². The van der Waals surface area contributed by atoms with Crippen molar-refractivity contribution in [2.75, 3.05) is 10.7 Å². The highest BCUT2D eigenvalue weighted by atomic mass is 33.1. The minimum absolute atomic E-state index is 0.166. The number of aromatic amines is 1. The largest absolute Gasteiger partial charge is 0.337 e. The van der Waals surface area contributed by atoms with E-state index in [1.165, 1.54) is 21.6 Å². The predicted octanol–water partition coefficient (Wildman–Crippen LogP) is 4.39. The van der Waals surface area contributed by atoms with Crippen LogP contribution < -0.4 is 21.3 Å². The Morgan fingerprint density at radius 1 is 0.738 bits per heavy atom. The fourth-order valence-electron chi connectivity index (χ4n) is 4.32. The van der Waals surface area contributed by atoms with Crippen LogP contribution in [0.4, 0.5) is 5.69 Å². The SMILES string of the molecule is O=C1/C(=C/c2ccccn2)N=C(SSCC=c2[nH]/c(=C\c3ccccn3)c(=O)n2-c2ccccc2)N1c1ccccc1. The summed E-state index contributed by atoms with van der Waals surface area (Å²) in [5.74, 6) is 0.325. The molecule has 206 valence electrons. The summed E-state index contributed by atoms with van der Waals surface area (Å²) in [4.78, 5) is 45.0. The van der Waals surface area contributed by atoms with Crippen molar-refractivity contribution >= 4 is 56.6 Å². The molecule has 0 radical (unpaired) electrons. The van der Waals surface area contributed by atoms with E-state index in [4.69, 9.17) is 0 Å². The van der Waals surface area contributed by atoms with Gasteiger partial charge in [0.2, 0.25) is 0 Å². The van der Waals surface area contributed by atoms with E-state index >= 15 is 0 Å². The highest BCUT2D eigenvalue weighted by molar-refractivity contribution is 8.82. The van der Waals surface area contributed by atoms with Crippen molar-refractivity contribution in [2.45, 2.75) is 0 Å². The molecule has 0 unspecified atom stereocenters. The molecule has 0 fully saturated rings. The summed E-state index contributed by atoms with van der Waals surface area (Å²) >= 11 is 0. The van der Waals surface area contributed by atoms with Crippen LogP contribution in [0.25, 0.3) is 23.9 Å². The molecule has 0 bridgehead atoms. The van der Waals surface area contributed by atoms with Gasteiger partial charge in [0.15, 0.2) is 5.17 Å². The van der Waals surface area contributed by atoms with Crippen molar-refractivity contribution in [3.05, 3.63) is 148 Å². The number of aliphatic imine (C=N–C) groups is 1. The van der Waals surface area contributed by atoms with Gasteiger partial charge in [-0.25, -0.2) is 4.99 Å². The van der Waals surface area contributed by atoms with Crippen molar-refractivity contribution in [3.63, 3.8) is 0 Å². The molecule has 8 nitrogen and oxygen atoms in total. The standard InChI is InChI=1S/C32H24N6O2S2/c39-30-27(21-23-11-7-9-18-33-23)35-29(37(30)25-13-3-1-4-14-25)17-20-41-42-32-36-28(22-24-12-8-10-19-34-24)31(40)38(32)26-15-5-2-6-16-26/h1-19,21-22,35H,20H2/b27-21-,28-22-,29-17?. The van der Waals surface area contributed by atoms with Crippen LogP contribution in [-0.2, 0) is 4.79 Å². The van der Waals surface area contributed by atoms with Gasteiger partial charge in [-0.3, -0.25) is 29.0 Å². The van der Waals surface area contributed by atoms with Gasteiger partial charge in [-0.1, -0.05) is 59.3 Å². The quantitative estimate of drug-likeness (QED) is 0.172. The minimum atomic E-state index is -0.212. The molecule has 42 heavy (non-hydrogen) atoms. The van der Waals surface area contributed by atoms with Crippen LogP contribution >= 0.6 is 21.6 Å². The van der Waals surface area contributed by atoms with Crippen LogP contribution in [0.5, 0.6) is 0 Å². The van der Waals surface area contributed by atoms with E-state index in [2.05, 4.69) is 19.9 Å². The van der Waals surface area contributed by atoms with Gasteiger partial charge in [-0.2, -0.15) is 0 Å². The molecular formula is C32H24N6O2S2. The summed E-state index contributed by atoms with van der Waals surface area (Å²) < 4.78 is 1.65. The molecule has 0 aliphatic carbocycles. The van der Waals surface area contributed by atoms with Gasteiger partial charge in [-0.15, -0.1) is 0 Å². The van der Waals surface area contributed by atoms with Crippen molar-refractivity contribution in [1.29, 1.82) is 0 Å². The number of aromatic nitrogens is 4. The highest BCUT2D eigenvalue weighted by Crippen LogP contribution is 2.34. The fourth-order valence-corrected chi connectivity index (χ4v) is 6.18. The summed E-state index contributed by atoms with van der Waals surface area (Å²) in [6, 6.07) is 30.0. The third-order valence-corrected chi connectivity index (χ3v) is 8.28. The van der Waals surface area contributed by atoms with Gasteiger partial charge < -0.3 is 4.98 Å². The molecule has 1 amide bonds. The average Bonchev–Trinajstić information content (AvgIpc) is 3.51. The number of nitrogens with one attached hydrogen (secondary N) is 1. The van der Waals surface area contributed by atoms with Gasteiger partial charge in [0.25, 0.3) is 11.5 Å². The van der Waals surface area contributed by atoms with E-state index in [-0.39, 0.29) is 11.5 Å². The summed E-state index contributed by atoms with van der Waals surface area (Å²) in [6.45, 7) is 0. The monoisotopic (exact) mass is 588 g/mol. The molecule has 10 heteroatoms. The van der Waals surface area contributed by atoms with Crippen LogP contribution in [0.1, 0.15) is 11.4 Å². The summed E-state index contributed by atoms with van der Waals surface area (Å²) in [7, 11) is 2.91.